The summed E-state index contributed by atoms with van der Waals surface area (Å²) < 4.78 is 24.6. The summed E-state index contributed by atoms with van der Waals surface area (Å²) in [6.45, 7) is 2.26. The Morgan fingerprint density at radius 3 is 2.89 bits per heavy atom. The first kappa shape index (κ1) is 12.9. The van der Waals surface area contributed by atoms with E-state index < -0.39 is 9.84 Å². The van der Waals surface area contributed by atoms with Crippen LogP contribution in [0.4, 0.5) is 5.69 Å². The molecule has 6 heteroatoms. The van der Waals surface area contributed by atoms with Crippen molar-refractivity contribution in [1.82, 2.24) is 9.78 Å². The van der Waals surface area contributed by atoms with Gasteiger partial charge < -0.3 is 5.73 Å². The number of benzene rings is 1. The van der Waals surface area contributed by atoms with Gasteiger partial charge in [-0.2, -0.15) is 5.10 Å². The van der Waals surface area contributed by atoms with Crippen LogP contribution >= 0.6 is 0 Å². The third-order valence-electron chi connectivity index (χ3n) is 2.93. The van der Waals surface area contributed by atoms with E-state index in [1.807, 2.05) is 18.2 Å². The van der Waals surface area contributed by atoms with Crippen molar-refractivity contribution >= 4 is 26.4 Å². The molecule has 2 aromatic rings. The maximum absolute atomic E-state index is 11.4. The molecular formula is C12H17N3O2S. The van der Waals surface area contributed by atoms with Crippen LogP contribution in [0, 0.1) is 0 Å². The topological polar surface area (TPSA) is 78.0 Å². The third kappa shape index (κ3) is 2.81. The van der Waals surface area contributed by atoms with E-state index in [0.717, 1.165) is 10.9 Å². The van der Waals surface area contributed by atoms with Crippen LogP contribution in [0.15, 0.2) is 24.4 Å². The summed E-state index contributed by atoms with van der Waals surface area (Å²) in [4.78, 5) is 0. The van der Waals surface area contributed by atoms with Gasteiger partial charge in [-0.25, -0.2) is 8.42 Å². The minimum absolute atomic E-state index is 0.194. The van der Waals surface area contributed by atoms with Crippen LogP contribution in [-0.4, -0.2) is 29.7 Å². The van der Waals surface area contributed by atoms with Gasteiger partial charge >= 0.3 is 0 Å². The lowest BCUT2D eigenvalue weighted by Crippen LogP contribution is -2.11. The highest BCUT2D eigenvalue weighted by atomic mass is 32.2. The molecule has 2 rings (SSSR count). The Kier molecular flexibility index (Phi) is 3.56. The van der Waals surface area contributed by atoms with E-state index >= 15 is 0 Å². The highest BCUT2D eigenvalue weighted by molar-refractivity contribution is 7.91. The fraction of sp³-hybridized carbons (Fsp3) is 0.417. The standard InChI is InChI=1S/C12H17N3O2S/c1-2-18(16,17)7-3-6-15-12-8-11(13)5-4-10(12)9-14-15/h4-5,8-9H,2-3,6-7,13H2,1H3. The molecule has 1 aromatic carbocycles. The Morgan fingerprint density at radius 1 is 1.39 bits per heavy atom. The molecule has 0 saturated carbocycles. The number of aryl methyl sites for hydroxylation is 1. The van der Waals surface area contributed by atoms with Crippen LogP contribution in [0.1, 0.15) is 13.3 Å². The molecule has 1 heterocycles. The number of nitrogen functional groups attached to an aromatic ring is 1. The highest BCUT2D eigenvalue weighted by Crippen LogP contribution is 2.17. The van der Waals surface area contributed by atoms with Gasteiger partial charge in [0.25, 0.3) is 0 Å². The van der Waals surface area contributed by atoms with Gasteiger partial charge in [0.1, 0.15) is 9.84 Å². The van der Waals surface area contributed by atoms with Crippen molar-refractivity contribution in [2.75, 3.05) is 17.2 Å². The maximum atomic E-state index is 11.4. The molecule has 0 unspecified atom stereocenters. The molecule has 5 nitrogen and oxygen atoms in total. The van der Waals surface area contributed by atoms with Crippen molar-refractivity contribution in [2.24, 2.45) is 0 Å². The summed E-state index contributed by atoms with van der Waals surface area (Å²) in [5.41, 5.74) is 7.37. The Labute approximate surface area is 107 Å². The second-order valence-corrected chi connectivity index (χ2v) is 6.75. The van der Waals surface area contributed by atoms with Crippen molar-refractivity contribution in [3.8, 4) is 0 Å². The van der Waals surface area contributed by atoms with Gasteiger partial charge in [0.05, 0.1) is 17.5 Å². The van der Waals surface area contributed by atoms with Gasteiger partial charge in [0.15, 0.2) is 0 Å². The van der Waals surface area contributed by atoms with Crippen LogP contribution in [0.25, 0.3) is 10.9 Å². The van der Waals surface area contributed by atoms with Gasteiger partial charge in [-0.1, -0.05) is 6.92 Å². The van der Waals surface area contributed by atoms with E-state index in [9.17, 15) is 8.42 Å². The number of nitrogens with two attached hydrogens (primary N) is 1. The minimum Gasteiger partial charge on any atom is -0.399 e. The average molecular weight is 267 g/mol. The first-order chi connectivity index (χ1) is 8.52. The zero-order valence-corrected chi connectivity index (χ0v) is 11.2. The lowest BCUT2D eigenvalue weighted by molar-refractivity contribution is 0.579. The SMILES string of the molecule is CCS(=O)(=O)CCCn1ncc2ccc(N)cc21. The molecular weight excluding hydrogens is 250 g/mol. The van der Waals surface area contributed by atoms with Crippen LogP contribution in [0.2, 0.25) is 0 Å². The summed E-state index contributed by atoms with van der Waals surface area (Å²) in [5, 5.41) is 5.26. The number of hydrogen-bond donors (Lipinski definition) is 1. The number of rotatable bonds is 5. The predicted octanol–water partition coefficient (Wildman–Crippen LogP) is 1.44. The summed E-state index contributed by atoms with van der Waals surface area (Å²) in [6, 6.07) is 5.60. The van der Waals surface area contributed by atoms with E-state index in [2.05, 4.69) is 5.10 Å². The number of fused-ring (bicyclic) bond motifs is 1. The van der Waals surface area contributed by atoms with Crippen LogP contribution in [-0.2, 0) is 16.4 Å². The van der Waals surface area contributed by atoms with Crippen molar-refractivity contribution in [3.63, 3.8) is 0 Å². The lowest BCUT2D eigenvalue weighted by Gasteiger charge is -2.04. The molecule has 0 saturated heterocycles. The first-order valence-electron chi connectivity index (χ1n) is 5.93. The summed E-state index contributed by atoms with van der Waals surface area (Å²) in [6.07, 6.45) is 2.34. The largest absolute Gasteiger partial charge is 0.399 e. The van der Waals surface area contributed by atoms with E-state index in [4.69, 9.17) is 5.73 Å². The molecule has 0 amide bonds. The van der Waals surface area contributed by atoms with Crippen molar-refractivity contribution < 1.29 is 8.42 Å². The Balaban J connectivity index is 2.11. The minimum atomic E-state index is -2.90. The lowest BCUT2D eigenvalue weighted by atomic mass is 10.2. The first-order valence-corrected chi connectivity index (χ1v) is 7.75. The van der Waals surface area contributed by atoms with Crippen molar-refractivity contribution in [3.05, 3.63) is 24.4 Å². The molecule has 0 spiro atoms. The number of sulfone groups is 1. The van der Waals surface area contributed by atoms with Crippen LogP contribution in [0.5, 0.6) is 0 Å². The van der Waals surface area contributed by atoms with E-state index in [0.29, 0.717) is 18.7 Å². The summed E-state index contributed by atoms with van der Waals surface area (Å²) >= 11 is 0. The number of anilines is 1. The third-order valence-corrected chi connectivity index (χ3v) is 4.72. The van der Waals surface area contributed by atoms with Crippen molar-refractivity contribution in [2.45, 2.75) is 19.9 Å². The van der Waals surface area contributed by atoms with Gasteiger partial charge in [0, 0.05) is 23.4 Å². The second-order valence-electron chi connectivity index (χ2n) is 4.28. The maximum Gasteiger partial charge on any atom is 0.150 e. The summed E-state index contributed by atoms with van der Waals surface area (Å²) in [5.74, 6) is 0.396. The number of hydrogen-bond acceptors (Lipinski definition) is 4. The molecule has 18 heavy (non-hydrogen) atoms. The molecule has 1 aromatic heterocycles. The van der Waals surface area contributed by atoms with Gasteiger partial charge in [-0.15, -0.1) is 0 Å². The van der Waals surface area contributed by atoms with E-state index in [-0.39, 0.29) is 11.5 Å². The molecule has 2 N–H and O–H groups in total. The molecule has 0 bridgehead atoms. The zero-order valence-electron chi connectivity index (χ0n) is 10.3. The van der Waals surface area contributed by atoms with E-state index in [1.165, 1.54) is 0 Å². The van der Waals surface area contributed by atoms with Crippen LogP contribution in [0.3, 0.4) is 0 Å². The smallest absolute Gasteiger partial charge is 0.150 e. The normalized spacial score (nSPS) is 12.1. The predicted molar refractivity (Wildman–Crippen MR) is 73.1 cm³/mol. The molecule has 0 fully saturated rings. The zero-order chi connectivity index (χ0) is 13.2. The van der Waals surface area contributed by atoms with Gasteiger partial charge in [-0.3, -0.25) is 4.68 Å². The fourth-order valence-corrected chi connectivity index (χ4v) is 2.70. The average Bonchev–Trinajstić information content (AvgIpc) is 2.72. The van der Waals surface area contributed by atoms with Gasteiger partial charge in [0.2, 0.25) is 0 Å². The second kappa shape index (κ2) is 4.97. The van der Waals surface area contributed by atoms with Crippen molar-refractivity contribution in [1.29, 1.82) is 0 Å². The fourth-order valence-electron chi connectivity index (χ4n) is 1.84. The monoisotopic (exact) mass is 267 g/mol. The molecule has 0 atom stereocenters. The molecule has 0 aliphatic rings. The Morgan fingerprint density at radius 2 is 2.17 bits per heavy atom. The van der Waals surface area contributed by atoms with Crippen LogP contribution < -0.4 is 5.73 Å². The molecule has 0 aliphatic heterocycles. The van der Waals surface area contributed by atoms with Gasteiger partial charge in [-0.05, 0) is 24.6 Å². The molecule has 0 aliphatic carbocycles. The number of aromatic nitrogens is 2. The highest BCUT2D eigenvalue weighted by Gasteiger charge is 2.08. The molecule has 0 radical (unpaired) electrons. The Hall–Kier alpha value is -1.56. The quantitative estimate of drug-likeness (QED) is 0.832. The summed E-state index contributed by atoms with van der Waals surface area (Å²) in [7, 11) is -2.90. The van der Waals surface area contributed by atoms with E-state index in [1.54, 1.807) is 17.8 Å². The molecule has 98 valence electrons. The number of nitrogens with zero attached hydrogens (tertiary/aromatic N) is 2. The Bertz CT molecular complexity index is 646.